The van der Waals surface area contributed by atoms with Gasteiger partial charge in [-0.3, -0.25) is 14.7 Å². The summed E-state index contributed by atoms with van der Waals surface area (Å²) < 4.78 is 0. The molecule has 1 aromatic carbocycles. The van der Waals surface area contributed by atoms with Crippen LogP contribution in [0.25, 0.3) is 10.9 Å². The van der Waals surface area contributed by atoms with Gasteiger partial charge in [0.25, 0.3) is 0 Å². The number of nitrogens with zero attached hydrogens (tertiary/aromatic N) is 7. The first kappa shape index (κ1) is 29.3. The highest BCUT2D eigenvalue weighted by molar-refractivity contribution is 7.13. The van der Waals surface area contributed by atoms with E-state index in [2.05, 4.69) is 38.1 Å². The number of pyridine rings is 1. The lowest BCUT2D eigenvalue weighted by molar-refractivity contribution is -0.134. The molecule has 3 aliphatic heterocycles. The van der Waals surface area contributed by atoms with Crippen molar-refractivity contribution in [3.05, 3.63) is 47.1 Å². The summed E-state index contributed by atoms with van der Waals surface area (Å²) in [4.78, 5) is 34.8. The normalized spacial score (nSPS) is 20.7. The van der Waals surface area contributed by atoms with E-state index >= 15 is 0 Å². The molecule has 11 heteroatoms. The minimum absolute atomic E-state index is 0.0284. The van der Waals surface area contributed by atoms with Crippen LogP contribution in [0, 0.1) is 0 Å². The van der Waals surface area contributed by atoms with Crippen LogP contribution in [0.4, 0.5) is 10.8 Å². The molecule has 42 heavy (non-hydrogen) atoms. The Kier molecular flexibility index (Phi) is 9.20. The number of aromatic nitrogens is 2. The Balaban J connectivity index is 1.24. The third-order valence-corrected chi connectivity index (χ3v) is 10.0. The lowest BCUT2D eigenvalue weighted by atomic mass is 10.1. The maximum Gasteiger partial charge on any atom is 0.224 e. The number of amides is 1. The predicted octanol–water partition coefficient (Wildman–Crippen LogP) is 2.56. The second-order valence-electron chi connectivity index (χ2n) is 11.9. The van der Waals surface area contributed by atoms with Crippen LogP contribution < -0.4 is 9.80 Å². The van der Waals surface area contributed by atoms with Gasteiger partial charge in [-0.15, -0.1) is 11.3 Å². The fourth-order valence-corrected chi connectivity index (χ4v) is 7.45. The number of aliphatic hydroxyl groups excluding tert-OH is 2. The van der Waals surface area contributed by atoms with Crippen molar-refractivity contribution >= 4 is 39.0 Å². The van der Waals surface area contributed by atoms with E-state index in [0.29, 0.717) is 6.42 Å². The van der Waals surface area contributed by atoms with E-state index < -0.39 is 0 Å². The number of carbonyl (C=O) groups excluding carboxylic acids is 1. The molecule has 0 bridgehead atoms. The van der Waals surface area contributed by atoms with Gasteiger partial charge in [0.05, 0.1) is 35.7 Å². The number of rotatable bonds is 7. The Morgan fingerprint density at radius 1 is 1.00 bits per heavy atom. The Morgan fingerprint density at radius 3 is 2.60 bits per heavy atom. The molecule has 3 aromatic rings. The summed E-state index contributed by atoms with van der Waals surface area (Å²) in [5.74, 6) is 0.200. The van der Waals surface area contributed by atoms with E-state index in [9.17, 15) is 15.0 Å². The van der Waals surface area contributed by atoms with Gasteiger partial charge in [0.15, 0.2) is 5.13 Å². The summed E-state index contributed by atoms with van der Waals surface area (Å²) in [6.45, 7) is 8.24. The average molecular weight is 594 g/mol. The maximum atomic E-state index is 13.6. The number of hydrogen-bond acceptors (Lipinski definition) is 10. The van der Waals surface area contributed by atoms with Crippen molar-refractivity contribution in [3.63, 3.8) is 0 Å². The zero-order chi connectivity index (χ0) is 29.1. The van der Waals surface area contributed by atoms with Crippen molar-refractivity contribution in [2.24, 2.45) is 0 Å². The largest absolute Gasteiger partial charge is 0.393 e. The summed E-state index contributed by atoms with van der Waals surface area (Å²) in [5.41, 5.74) is 3.81. The van der Waals surface area contributed by atoms with Crippen LogP contribution in [0.5, 0.6) is 0 Å². The number of piperazine rings is 1. The van der Waals surface area contributed by atoms with E-state index in [0.717, 1.165) is 118 Å². The highest BCUT2D eigenvalue weighted by atomic mass is 32.1. The standard InChI is InChI=1S/C31H43N7O3S/c1-34-14-16-36(17-15-34)28(41)20-27(26-22-42-31(33-26)38-12-7-25(40)8-13-38)35-10-3-11-37(19-18-35)30-24(21-39)6-5-23-4-2-9-32-29(23)30/h2,4-6,9,22,25,27,39-40H,3,7-8,10-21H2,1H3. The van der Waals surface area contributed by atoms with Gasteiger partial charge < -0.3 is 29.8 Å². The van der Waals surface area contributed by atoms with Crippen molar-refractivity contribution in [1.29, 1.82) is 0 Å². The summed E-state index contributed by atoms with van der Waals surface area (Å²) in [5, 5.41) is 24.4. The van der Waals surface area contributed by atoms with Crippen LogP contribution in [-0.2, 0) is 11.4 Å². The number of benzene rings is 1. The van der Waals surface area contributed by atoms with Gasteiger partial charge in [-0.1, -0.05) is 18.2 Å². The first-order valence-corrected chi connectivity index (χ1v) is 16.2. The number of thiazole rings is 1. The SMILES string of the molecule is CN1CCN(C(=O)CC(c2csc(N3CCC(O)CC3)n2)N2CCCN(c3c(CO)ccc4cccnc34)CC2)CC1. The lowest BCUT2D eigenvalue weighted by Gasteiger charge is -2.35. The smallest absolute Gasteiger partial charge is 0.224 e. The van der Waals surface area contributed by atoms with Crippen LogP contribution in [0.1, 0.15) is 43.0 Å². The van der Waals surface area contributed by atoms with Gasteiger partial charge in [-0.05, 0) is 32.4 Å². The van der Waals surface area contributed by atoms with E-state index in [1.807, 2.05) is 29.3 Å². The van der Waals surface area contributed by atoms with E-state index in [1.54, 1.807) is 11.3 Å². The first-order valence-electron chi connectivity index (χ1n) is 15.3. The average Bonchev–Trinajstić information content (AvgIpc) is 3.38. The van der Waals surface area contributed by atoms with Gasteiger partial charge in [0, 0.05) is 94.4 Å². The van der Waals surface area contributed by atoms with Crippen LogP contribution in [0.3, 0.4) is 0 Å². The molecule has 6 rings (SSSR count). The number of likely N-dealkylation sites (N-methyl/N-ethyl adjacent to an activating group) is 1. The second kappa shape index (κ2) is 13.2. The monoisotopic (exact) mass is 593 g/mol. The van der Waals surface area contributed by atoms with Crippen molar-refractivity contribution in [2.45, 2.75) is 44.4 Å². The van der Waals surface area contributed by atoms with Crippen molar-refractivity contribution in [3.8, 4) is 0 Å². The van der Waals surface area contributed by atoms with Crippen LogP contribution in [0.2, 0.25) is 0 Å². The minimum atomic E-state index is -0.224. The van der Waals surface area contributed by atoms with Crippen molar-refractivity contribution in [2.75, 3.05) is 82.3 Å². The van der Waals surface area contributed by atoms with Crippen LogP contribution in [-0.4, -0.2) is 119 Å². The minimum Gasteiger partial charge on any atom is -0.393 e. The molecule has 3 aliphatic rings. The molecular formula is C31H43N7O3S. The molecule has 226 valence electrons. The topological polar surface area (TPSA) is 99.5 Å². The van der Waals surface area contributed by atoms with Crippen molar-refractivity contribution in [1.82, 2.24) is 24.7 Å². The molecule has 1 amide bonds. The lowest BCUT2D eigenvalue weighted by Crippen LogP contribution is -2.48. The summed E-state index contributed by atoms with van der Waals surface area (Å²) in [7, 11) is 2.11. The molecule has 1 unspecified atom stereocenters. The Bertz CT molecular complexity index is 1350. The molecule has 0 radical (unpaired) electrons. The molecule has 0 saturated carbocycles. The highest BCUT2D eigenvalue weighted by Crippen LogP contribution is 2.34. The molecule has 10 nitrogen and oxygen atoms in total. The van der Waals surface area contributed by atoms with Gasteiger partial charge in [-0.2, -0.15) is 0 Å². The van der Waals surface area contributed by atoms with Gasteiger partial charge in [-0.25, -0.2) is 4.98 Å². The van der Waals surface area contributed by atoms with Gasteiger partial charge >= 0.3 is 0 Å². The molecule has 3 saturated heterocycles. The highest BCUT2D eigenvalue weighted by Gasteiger charge is 2.32. The van der Waals surface area contributed by atoms with Crippen LogP contribution >= 0.6 is 11.3 Å². The third-order valence-electron chi connectivity index (χ3n) is 9.10. The first-order chi connectivity index (χ1) is 20.5. The molecule has 3 fully saturated rings. The molecule has 1 atom stereocenters. The molecule has 2 aromatic heterocycles. The molecular weight excluding hydrogens is 550 g/mol. The van der Waals surface area contributed by atoms with E-state index in [4.69, 9.17) is 9.97 Å². The number of anilines is 2. The summed E-state index contributed by atoms with van der Waals surface area (Å²) in [6, 6.07) is 7.96. The number of aliphatic hydroxyl groups is 2. The maximum absolute atomic E-state index is 13.6. The second-order valence-corrected chi connectivity index (χ2v) is 12.7. The summed E-state index contributed by atoms with van der Waals surface area (Å²) in [6.07, 6.45) is 4.48. The fraction of sp³-hybridized carbons (Fsp3) is 0.581. The van der Waals surface area contributed by atoms with E-state index in [-0.39, 0.29) is 24.7 Å². The van der Waals surface area contributed by atoms with Crippen molar-refractivity contribution < 1.29 is 15.0 Å². The quantitative estimate of drug-likeness (QED) is 0.428. The number of carbonyl (C=O) groups is 1. The Morgan fingerprint density at radius 2 is 1.81 bits per heavy atom. The molecule has 5 heterocycles. The predicted molar refractivity (Wildman–Crippen MR) is 167 cm³/mol. The zero-order valence-corrected chi connectivity index (χ0v) is 25.4. The van der Waals surface area contributed by atoms with E-state index in [1.165, 1.54) is 0 Å². The molecule has 2 N–H and O–H groups in total. The number of piperidine rings is 1. The number of hydrogen-bond donors (Lipinski definition) is 2. The van der Waals surface area contributed by atoms with Crippen LogP contribution in [0.15, 0.2) is 35.8 Å². The zero-order valence-electron chi connectivity index (χ0n) is 24.6. The fourth-order valence-electron chi connectivity index (χ4n) is 6.53. The molecule has 0 spiro atoms. The van der Waals surface area contributed by atoms with Gasteiger partial charge in [0.1, 0.15) is 0 Å². The Hall–Kier alpha value is -2.83. The van der Waals surface area contributed by atoms with Gasteiger partial charge in [0.2, 0.25) is 5.91 Å². The summed E-state index contributed by atoms with van der Waals surface area (Å²) >= 11 is 1.65. The number of fused-ring (bicyclic) bond motifs is 1. The molecule has 0 aliphatic carbocycles. The Labute approximate surface area is 252 Å². The third kappa shape index (κ3) is 6.40.